The third-order valence-electron chi connectivity index (χ3n) is 2.91. The average Bonchev–Trinajstić information content (AvgIpc) is 2.73. The van der Waals surface area contributed by atoms with E-state index in [1.807, 2.05) is 30.5 Å². The zero-order chi connectivity index (χ0) is 12.7. The first-order chi connectivity index (χ1) is 8.65. The summed E-state index contributed by atoms with van der Waals surface area (Å²) in [6.07, 6.45) is 1.82. The van der Waals surface area contributed by atoms with Crippen molar-refractivity contribution in [3.63, 3.8) is 0 Å². The summed E-state index contributed by atoms with van der Waals surface area (Å²) in [6.45, 7) is 3.90. The van der Waals surface area contributed by atoms with Gasteiger partial charge in [0.15, 0.2) is 0 Å². The SMILES string of the molecule is Cc1cc(C)n2cc(-c3ccccc3F)nc2n1. The molecule has 90 valence electrons. The number of hydrogen-bond acceptors (Lipinski definition) is 2. The fraction of sp³-hybridized carbons (Fsp3) is 0.143. The van der Waals surface area contributed by atoms with Crippen LogP contribution in [-0.4, -0.2) is 14.4 Å². The molecule has 0 radical (unpaired) electrons. The summed E-state index contributed by atoms with van der Waals surface area (Å²) >= 11 is 0. The second kappa shape index (κ2) is 3.91. The van der Waals surface area contributed by atoms with Crippen molar-refractivity contribution in [2.45, 2.75) is 13.8 Å². The molecule has 0 saturated heterocycles. The summed E-state index contributed by atoms with van der Waals surface area (Å²) in [5.41, 5.74) is 3.05. The molecular weight excluding hydrogens is 229 g/mol. The van der Waals surface area contributed by atoms with Gasteiger partial charge in [-0.15, -0.1) is 0 Å². The standard InChI is InChI=1S/C14H12FN3/c1-9-7-10(2)18-8-13(17-14(18)16-9)11-5-3-4-6-12(11)15/h3-8H,1-2H3. The van der Waals surface area contributed by atoms with E-state index >= 15 is 0 Å². The Morgan fingerprint density at radius 2 is 1.89 bits per heavy atom. The van der Waals surface area contributed by atoms with Crippen molar-refractivity contribution >= 4 is 5.78 Å². The highest BCUT2D eigenvalue weighted by atomic mass is 19.1. The highest BCUT2D eigenvalue weighted by molar-refractivity contribution is 5.62. The van der Waals surface area contributed by atoms with E-state index in [-0.39, 0.29) is 5.82 Å². The van der Waals surface area contributed by atoms with Crippen LogP contribution in [0.25, 0.3) is 17.0 Å². The van der Waals surface area contributed by atoms with Gasteiger partial charge in [-0.2, -0.15) is 0 Å². The molecule has 0 bridgehead atoms. The Morgan fingerprint density at radius 1 is 1.11 bits per heavy atom. The lowest BCUT2D eigenvalue weighted by Crippen LogP contribution is -1.94. The summed E-state index contributed by atoms with van der Waals surface area (Å²) in [5, 5.41) is 0. The second-order valence-electron chi connectivity index (χ2n) is 4.31. The zero-order valence-electron chi connectivity index (χ0n) is 10.2. The number of imidazole rings is 1. The lowest BCUT2D eigenvalue weighted by Gasteiger charge is -1.99. The molecule has 0 aliphatic heterocycles. The average molecular weight is 241 g/mol. The van der Waals surface area contributed by atoms with Gasteiger partial charge < -0.3 is 0 Å². The molecule has 0 atom stereocenters. The van der Waals surface area contributed by atoms with Crippen LogP contribution >= 0.6 is 0 Å². The van der Waals surface area contributed by atoms with E-state index in [1.165, 1.54) is 6.07 Å². The van der Waals surface area contributed by atoms with Crippen LogP contribution in [0.2, 0.25) is 0 Å². The molecule has 0 aliphatic carbocycles. The van der Waals surface area contributed by atoms with E-state index in [4.69, 9.17) is 0 Å². The molecule has 3 aromatic rings. The molecular formula is C14H12FN3. The number of nitrogens with zero attached hydrogens (tertiary/aromatic N) is 3. The van der Waals surface area contributed by atoms with Crippen molar-refractivity contribution in [2.24, 2.45) is 0 Å². The molecule has 18 heavy (non-hydrogen) atoms. The van der Waals surface area contributed by atoms with Gasteiger partial charge in [0.05, 0.1) is 5.69 Å². The Labute approximate surface area is 104 Å². The molecule has 2 aromatic heterocycles. The van der Waals surface area contributed by atoms with Gasteiger partial charge in [-0.1, -0.05) is 12.1 Å². The van der Waals surface area contributed by atoms with Crippen molar-refractivity contribution in [3.8, 4) is 11.3 Å². The van der Waals surface area contributed by atoms with Crippen molar-refractivity contribution in [1.82, 2.24) is 14.4 Å². The third-order valence-corrected chi connectivity index (χ3v) is 2.91. The monoisotopic (exact) mass is 241 g/mol. The summed E-state index contributed by atoms with van der Waals surface area (Å²) < 4.78 is 15.6. The quantitative estimate of drug-likeness (QED) is 0.655. The van der Waals surface area contributed by atoms with E-state index in [1.54, 1.807) is 18.2 Å². The predicted molar refractivity (Wildman–Crippen MR) is 67.9 cm³/mol. The Balaban J connectivity index is 2.26. The molecule has 3 nitrogen and oxygen atoms in total. The molecule has 2 heterocycles. The van der Waals surface area contributed by atoms with Gasteiger partial charge in [-0.25, -0.2) is 14.4 Å². The fourth-order valence-electron chi connectivity index (χ4n) is 2.07. The van der Waals surface area contributed by atoms with Gasteiger partial charge in [0, 0.05) is 23.1 Å². The van der Waals surface area contributed by atoms with Gasteiger partial charge in [0.25, 0.3) is 0 Å². The first-order valence-corrected chi connectivity index (χ1v) is 5.73. The molecule has 1 aromatic carbocycles. The van der Waals surface area contributed by atoms with Gasteiger partial charge >= 0.3 is 0 Å². The number of hydrogen-bond donors (Lipinski definition) is 0. The molecule has 0 aliphatic rings. The maximum atomic E-state index is 13.7. The highest BCUT2D eigenvalue weighted by Crippen LogP contribution is 2.22. The third kappa shape index (κ3) is 1.66. The Hall–Kier alpha value is -2.23. The van der Waals surface area contributed by atoms with Crippen LogP contribution in [-0.2, 0) is 0 Å². The number of aromatic nitrogens is 3. The minimum atomic E-state index is -0.268. The first kappa shape index (κ1) is 10.9. The normalized spacial score (nSPS) is 11.1. The van der Waals surface area contributed by atoms with Crippen LogP contribution in [0.1, 0.15) is 11.4 Å². The summed E-state index contributed by atoms with van der Waals surface area (Å²) in [5.74, 6) is 0.334. The largest absolute Gasteiger partial charge is 0.288 e. The lowest BCUT2D eigenvalue weighted by atomic mass is 10.1. The summed E-state index contributed by atoms with van der Waals surface area (Å²) in [4.78, 5) is 8.72. The Morgan fingerprint density at radius 3 is 2.67 bits per heavy atom. The minimum Gasteiger partial charge on any atom is -0.288 e. The molecule has 0 unspecified atom stereocenters. The van der Waals surface area contributed by atoms with E-state index < -0.39 is 0 Å². The molecule has 0 saturated carbocycles. The number of fused-ring (bicyclic) bond motifs is 1. The van der Waals surface area contributed by atoms with E-state index in [0.29, 0.717) is 17.0 Å². The zero-order valence-corrected chi connectivity index (χ0v) is 10.2. The van der Waals surface area contributed by atoms with E-state index in [9.17, 15) is 4.39 Å². The number of rotatable bonds is 1. The van der Waals surface area contributed by atoms with E-state index in [2.05, 4.69) is 9.97 Å². The Bertz CT molecular complexity index is 731. The molecule has 0 spiro atoms. The maximum absolute atomic E-state index is 13.7. The van der Waals surface area contributed by atoms with Gasteiger partial charge in [0.1, 0.15) is 5.82 Å². The van der Waals surface area contributed by atoms with Crippen molar-refractivity contribution in [1.29, 1.82) is 0 Å². The van der Waals surface area contributed by atoms with Crippen molar-refractivity contribution < 1.29 is 4.39 Å². The smallest absolute Gasteiger partial charge is 0.234 e. The second-order valence-corrected chi connectivity index (χ2v) is 4.31. The fourth-order valence-corrected chi connectivity index (χ4v) is 2.07. The van der Waals surface area contributed by atoms with Crippen LogP contribution in [0.5, 0.6) is 0 Å². The summed E-state index contributed by atoms with van der Waals surface area (Å²) in [7, 11) is 0. The van der Waals surface area contributed by atoms with Crippen LogP contribution in [0.4, 0.5) is 4.39 Å². The van der Waals surface area contributed by atoms with Crippen molar-refractivity contribution in [3.05, 3.63) is 53.7 Å². The van der Waals surface area contributed by atoms with Crippen LogP contribution in [0.15, 0.2) is 36.5 Å². The first-order valence-electron chi connectivity index (χ1n) is 5.73. The van der Waals surface area contributed by atoms with Gasteiger partial charge in [0.2, 0.25) is 5.78 Å². The predicted octanol–water partition coefficient (Wildman–Crippen LogP) is 3.15. The number of aryl methyl sites for hydroxylation is 2. The molecule has 4 heteroatoms. The minimum absolute atomic E-state index is 0.268. The molecule has 0 amide bonds. The van der Waals surface area contributed by atoms with Crippen LogP contribution in [0.3, 0.4) is 0 Å². The lowest BCUT2D eigenvalue weighted by molar-refractivity contribution is 0.631. The van der Waals surface area contributed by atoms with Crippen molar-refractivity contribution in [2.75, 3.05) is 0 Å². The number of halogens is 1. The Kier molecular flexibility index (Phi) is 2.37. The van der Waals surface area contributed by atoms with E-state index in [0.717, 1.165) is 11.4 Å². The maximum Gasteiger partial charge on any atom is 0.234 e. The molecule has 0 fully saturated rings. The van der Waals surface area contributed by atoms with Gasteiger partial charge in [-0.05, 0) is 32.0 Å². The summed E-state index contributed by atoms with van der Waals surface area (Å²) in [6, 6.07) is 8.60. The molecule has 3 rings (SSSR count). The molecule has 0 N–H and O–H groups in total. The topological polar surface area (TPSA) is 30.2 Å². The van der Waals surface area contributed by atoms with Gasteiger partial charge in [-0.3, -0.25) is 4.40 Å². The van der Waals surface area contributed by atoms with Crippen LogP contribution in [0, 0.1) is 19.7 Å². The highest BCUT2D eigenvalue weighted by Gasteiger charge is 2.10. The van der Waals surface area contributed by atoms with Crippen LogP contribution < -0.4 is 0 Å². The number of benzene rings is 1.